The molecule has 3 atom stereocenters. The van der Waals surface area contributed by atoms with Crippen LogP contribution in [0.5, 0.6) is 0 Å². The number of nitrogens with one attached hydrogen (secondary N) is 1. The van der Waals surface area contributed by atoms with Crippen LogP contribution in [0.1, 0.15) is 24.0 Å². The van der Waals surface area contributed by atoms with Gasteiger partial charge in [-0.3, -0.25) is 0 Å². The van der Waals surface area contributed by atoms with Crippen molar-refractivity contribution in [1.82, 2.24) is 15.1 Å². The van der Waals surface area contributed by atoms with Crippen molar-refractivity contribution in [2.75, 3.05) is 20.6 Å². The number of alkyl halides is 3. The zero-order valence-electron chi connectivity index (χ0n) is 13.8. The molecule has 132 valence electrons. The van der Waals surface area contributed by atoms with E-state index in [1.54, 1.807) is 7.05 Å². The summed E-state index contributed by atoms with van der Waals surface area (Å²) in [6.45, 7) is 1.29. The second kappa shape index (κ2) is 6.27. The SMILES string of the molecule is CN(Cc1ccc(C(F)(F)F)cc1)C(=O)NC1CC2CC1CN2C. The van der Waals surface area contributed by atoms with Gasteiger partial charge in [0.15, 0.2) is 0 Å². The third kappa shape index (κ3) is 3.50. The van der Waals surface area contributed by atoms with Crippen LogP contribution in [-0.2, 0) is 12.7 Å². The minimum atomic E-state index is -4.34. The molecule has 1 aliphatic heterocycles. The molecule has 1 aromatic carbocycles. The van der Waals surface area contributed by atoms with E-state index in [1.165, 1.54) is 17.0 Å². The Morgan fingerprint density at radius 2 is 1.96 bits per heavy atom. The van der Waals surface area contributed by atoms with Crippen molar-refractivity contribution < 1.29 is 18.0 Å². The average molecular weight is 341 g/mol. The summed E-state index contributed by atoms with van der Waals surface area (Å²) in [4.78, 5) is 16.2. The molecule has 1 saturated heterocycles. The number of hydrogen-bond acceptors (Lipinski definition) is 2. The molecule has 3 unspecified atom stereocenters. The molecule has 3 rings (SSSR count). The third-order valence-electron chi connectivity index (χ3n) is 5.17. The average Bonchev–Trinajstić information content (AvgIpc) is 3.05. The molecule has 1 N–H and O–H groups in total. The van der Waals surface area contributed by atoms with E-state index >= 15 is 0 Å². The van der Waals surface area contributed by atoms with Gasteiger partial charge >= 0.3 is 12.2 Å². The summed E-state index contributed by atoms with van der Waals surface area (Å²) in [5.74, 6) is 0.503. The van der Waals surface area contributed by atoms with Crippen LogP contribution in [0.25, 0.3) is 0 Å². The van der Waals surface area contributed by atoms with Crippen LogP contribution in [0.4, 0.5) is 18.0 Å². The fraction of sp³-hybridized carbons (Fsp3) is 0.588. The molecule has 1 heterocycles. The zero-order valence-corrected chi connectivity index (χ0v) is 13.8. The first-order valence-electron chi connectivity index (χ1n) is 8.12. The van der Waals surface area contributed by atoms with Crippen molar-refractivity contribution in [2.45, 2.75) is 37.6 Å². The minimum absolute atomic E-state index is 0.171. The number of likely N-dealkylation sites (tertiary alicyclic amines) is 1. The summed E-state index contributed by atoms with van der Waals surface area (Å²) in [6.07, 6.45) is -2.23. The lowest BCUT2D eigenvalue weighted by molar-refractivity contribution is -0.137. The maximum absolute atomic E-state index is 12.6. The highest BCUT2D eigenvalue weighted by atomic mass is 19.4. The summed E-state index contributed by atoms with van der Waals surface area (Å²) in [5.41, 5.74) is -0.00205. The van der Waals surface area contributed by atoms with Gasteiger partial charge in [-0.1, -0.05) is 12.1 Å². The highest BCUT2D eigenvalue weighted by molar-refractivity contribution is 5.74. The van der Waals surface area contributed by atoms with Gasteiger partial charge in [-0.15, -0.1) is 0 Å². The van der Waals surface area contributed by atoms with Crippen LogP contribution in [-0.4, -0.2) is 48.6 Å². The summed E-state index contributed by atoms with van der Waals surface area (Å²) in [7, 11) is 3.77. The van der Waals surface area contributed by atoms with E-state index in [4.69, 9.17) is 0 Å². The Balaban J connectivity index is 1.53. The number of urea groups is 1. The van der Waals surface area contributed by atoms with Crippen LogP contribution >= 0.6 is 0 Å². The van der Waals surface area contributed by atoms with E-state index in [0.29, 0.717) is 17.5 Å². The quantitative estimate of drug-likeness (QED) is 0.918. The van der Waals surface area contributed by atoms with Gasteiger partial charge in [0.1, 0.15) is 0 Å². The van der Waals surface area contributed by atoms with Crippen molar-refractivity contribution in [3.63, 3.8) is 0 Å². The Morgan fingerprint density at radius 1 is 1.29 bits per heavy atom. The van der Waals surface area contributed by atoms with Gasteiger partial charge in [-0.05, 0) is 43.5 Å². The molecule has 1 aliphatic carbocycles. The Bertz CT molecular complexity index is 600. The number of benzene rings is 1. The molecule has 2 amide bonds. The number of hydrogen-bond donors (Lipinski definition) is 1. The Kier molecular flexibility index (Phi) is 4.46. The Labute approximate surface area is 139 Å². The maximum atomic E-state index is 12.6. The minimum Gasteiger partial charge on any atom is -0.335 e. The van der Waals surface area contributed by atoms with Gasteiger partial charge < -0.3 is 15.1 Å². The van der Waals surface area contributed by atoms with Gasteiger partial charge in [0.05, 0.1) is 5.56 Å². The molecular weight excluding hydrogens is 319 g/mol. The second-order valence-corrected chi connectivity index (χ2v) is 6.93. The molecule has 1 saturated carbocycles. The van der Waals surface area contributed by atoms with E-state index in [-0.39, 0.29) is 18.6 Å². The molecule has 2 aliphatic rings. The molecule has 0 radical (unpaired) electrons. The summed E-state index contributed by atoms with van der Waals surface area (Å²) < 4.78 is 37.7. The Morgan fingerprint density at radius 3 is 2.46 bits per heavy atom. The monoisotopic (exact) mass is 341 g/mol. The van der Waals surface area contributed by atoms with Crippen LogP contribution in [0, 0.1) is 5.92 Å². The van der Waals surface area contributed by atoms with Crippen LogP contribution < -0.4 is 5.32 Å². The van der Waals surface area contributed by atoms with Crippen molar-refractivity contribution >= 4 is 6.03 Å². The summed E-state index contributed by atoms with van der Waals surface area (Å²) in [5, 5.41) is 3.07. The normalized spacial score (nSPS) is 26.6. The van der Waals surface area contributed by atoms with Crippen LogP contribution in [0.15, 0.2) is 24.3 Å². The van der Waals surface area contributed by atoms with Gasteiger partial charge in [-0.2, -0.15) is 13.2 Å². The van der Waals surface area contributed by atoms with Crippen molar-refractivity contribution in [3.05, 3.63) is 35.4 Å². The number of nitrogens with zero attached hydrogens (tertiary/aromatic N) is 2. The lowest BCUT2D eigenvalue weighted by atomic mass is 10.0. The number of piperidine rings is 1. The van der Waals surface area contributed by atoms with Crippen molar-refractivity contribution in [3.8, 4) is 0 Å². The van der Waals surface area contributed by atoms with Gasteiger partial charge in [0.25, 0.3) is 0 Å². The molecular formula is C17H22F3N3O. The highest BCUT2D eigenvalue weighted by Gasteiger charge is 2.43. The van der Waals surface area contributed by atoms with Crippen molar-refractivity contribution in [2.24, 2.45) is 5.92 Å². The first kappa shape index (κ1) is 17.1. The predicted octanol–water partition coefficient (Wildman–Crippen LogP) is 2.94. The fourth-order valence-corrected chi connectivity index (χ4v) is 3.77. The van der Waals surface area contributed by atoms with E-state index in [9.17, 15) is 18.0 Å². The standard InChI is InChI=1S/C17H22F3N3O/c1-22-10-12-7-14(22)8-15(12)21-16(24)23(2)9-11-3-5-13(6-4-11)17(18,19)20/h3-6,12,14-15H,7-10H2,1-2H3,(H,21,24). The van der Waals surface area contributed by atoms with E-state index in [0.717, 1.165) is 31.5 Å². The third-order valence-corrected chi connectivity index (χ3v) is 5.17. The zero-order chi connectivity index (χ0) is 17.5. The number of rotatable bonds is 3. The Hall–Kier alpha value is -1.76. The first-order chi connectivity index (χ1) is 11.2. The summed E-state index contributed by atoms with van der Waals surface area (Å²) >= 11 is 0. The highest BCUT2D eigenvalue weighted by Crippen LogP contribution is 2.36. The molecule has 2 bridgehead atoms. The molecule has 7 heteroatoms. The van der Waals surface area contributed by atoms with Crippen molar-refractivity contribution in [1.29, 1.82) is 0 Å². The summed E-state index contributed by atoms with van der Waals surface area (Å²) in [6, 6.07) is 5.52. The maximum Gasteiger partial charge on any atom is 0.416 e. The lowest BCUT2D eigenvalue weighted by Crippen LogP contribution is -2.48. The van der Waals surface area contributed by atoms with Gasteiger partial charge in [-0.25, -0.2) is 4.79 Å². The van der Waals surface area contributed by atoms with Crippen LogP contribution in [0.3, 0.4) is 0 Å². The number of carbonyl (C=O) groups is 1. The van der Waals surface area contributed by atoms with Crippen LogP contribution in [0.2, 0.25) is 0 Å². The van der Waals surface area contributed by atoms with Gasteiger partial charge in [0.2, 0.25) is 0 Å². The first-order valence-corrected chi connectivity index (χ1v) is 8.12. The lowest BCUT2D eigenvalue weighted by Gasteiger charge is -2.30. The molecule has 0 spiro atoms. The topological polar surface area (TPSA) is 35.6 Å². The van der Waals surface area contributed by atoms with E-state index < -0.39 is 11.7 Å². The predicted molar refractivity (Wildman–Crippen MR) is 84.4 cm³/mol. The largest absolute Gasteiger partial charge is 0.416 e. The van der Waals surface area contributed by atoms with Gasteiger partial charge in [0, 0.05) is 32.2 Å². The molecule has 0 aromatic heterocycles. The molecule has 2 fully saturated rings. The van der Waals surface area contributed by atoms with E-state index in [2.05, 4.69) is 17.3 Å². The number of fused-ring (bicyclic) bond motifs is 2. The van der Waals surface area contributed by atoms with E-state index in [1.807, 2.05) is 0 Å². The number of amides is 2. The molecule has 4 nitrogen and oxygen atoms in total. The smallest absolute Gasteiger partial charge is 0.335 e. The molecule has 1 aromatic rings. The second-order valence-electron chi connectivity index (χ2n) is 6.93. The fourth-order valence-electron chi connectivity index (χ4n) is 3.77. The molecule has 24 heavy (non-hydrogen) atoms. The number of carbonyl (C=O) groups excluding carboxylic acids is 1. The number of halogens is 3.